The summed E-state index contributed by atoms with van der Waals surface area (Å²) in [5.74, 6) is 0.119. The summed E-state index contributed by atoms with van der Waals surface area (Å²) >= 11 is 4.95. The van der Waals surface area contributed by atoms with E-state index in [1.54, 1.807) is 0 Å². The van der Waals surface area contributed by atoms with E-state index in [1.807, 2.05) is 17.9 Å². The summed E-state index contributed by atoms with van der Waals surface area (Å²) in [7, 11) is 0. The Hall–Kier alpha value is -0.390. The number of hydrogen-bond acceptors (Lipinski definition) is 3. The van der Waals surface area contributed by atoms with Gasteiger partial charge in [0.1, 0.15) is 0 Å². The maximum Gasteiger partial charge on any atom is 0.264 e. The Balaban J connectivity index is 2.12. The van der Waals surface area contributed by atoms with Crippen LogP contribution in [0.1, 0.15) is 28.1 Å². The van der Waals surface area contributed by atoms with Crippen LogP contribution in [0.2, 0.25) is 0 Å². The minimum atomic E-state index is 0.119. The predicted molar refractivity (Wildman–Crippen MR) is 69.9 cm³/mol. The maximum absolute atomic E-state index is 12.2. The summed E-state index contributed by atoms with van der Waals surface area (Å²) in [6, 6.07) is 2.08. The molecule has 1 amide bonds. The fraction of sp³-hybridized carbons (Fsp3) is 0.545. The Morgan fingerprint density at radius 3 is 3.00 bits per heavy atom. The number of rotatable bonds is 1. The maximum atomic E-state index is 12.2. The molecule has 0 spiro atoms. The van der Waals surface area contributed by atoms with Gasteiger partial charge in [-0.3, -0.25) is 4.79 Å². The van der Waals surface area contributed by atoms with Crippen LogP contribution >= 0.6 is 27.3 Å². The van der Waals surface area contributed by atoms with Crippen molar-refractivity contribution in [2.75, 3.05) is 13.1 Å². The molecular formula is C11H15BrN2OS. The molecule has 2 rings (SSSR count). The highest BCUT2D eigenvalue weighted by Gasteiger charge is 2.23. The average Bonchev–Trinajstić information content (AvgIpc) is 2.58. The van der Waals surface area contributed by atoms with Crippen LogP contribution in [0, 0.1) is 6.92 Å². The molecule has 1 aromatic rings. The molecule has 88 valence electrons. The number of carbonyl (C=O) groups is 1. The molecule has 2 N–H and O–H groups in total. The van der Waals surface area contributed by atoms with Crippen molar-refractivity contribution in [3.05, 3.63) is 20.3 Å². The second-order valence-electron chi connectivity index (χ2n) is 4.22. The van der Waals surface area contributed by atoms with Gasteiger partial charge < -0.3 is 10.6 Å². The molecule has 1 atom stereocenters. The number of likely N-dealkylation sites (tertiary alicyclic amines) is 1. The normalized spacial score (nSPS) is 21.2. The van der Waals surface area contributed by atoms with E-state index in [1.165, 1.54) is 11.3 Å². The molecule has 0 bridgehead atoms. The molecule has 1 aliphatic rings. The van der Waals surface area contributed by atoms with Crippen molar-refractivity contribution in [2.45, 2.75) is 25.8 Å². The Labute approximate surface area is 108 Å². The highest BCUT2D eigenvalue weighted by atomic mass is 79.9. The van der Waals surface area contributed by atoms with Crippen LogP contribution in [0.4, 0.5) is 0 Å². The number of carbonyl (C=O) groups excluding carboxylic acids is 1. The first kappa shape index (κ1) is 12.1. The molecule has 0 aliphatic carbocycles. The lowest BCUT2D eigenvalue weighted by Gasteiger charge is -2.30. The first-order valence-corrected chi connectivity index (χ1v) is 6.99. The third kappa shape index (κ3) is 2.47. The first-order valence-electron chi connectivity index (χ1n) is 5.38. The molecule has 1 aliphatic heterocycles. The number of hydrogen-bond donors (Lipinski definition) is 1. The van der Waals surface area contributed by atoms with Gasteiger partial charge in [-0.1, -0.05) is 0 Å². The zero-order valence-corrected chi connectivity index (χ0v) is 11.6. The van der Waals surface area contributed by atoms with E-state index in [4.69, 9.17) is 5.73 Å². The minimum absolute atomic E-state index is 0.119. The second kappa shape index (κ2) is 4.85. The first-order chi connectivity index (χ1) is 7.58. The van der Waals surface area contributed by atoms with Crippen molar-refractivity contribution in [3.63, 3.8) is 0 Å². The largest absolute Gasteiger partial charge is 0.336 e. The van der Waals surface area contributed by atoms with Gasteiger partial charge in [-0.2, -0.15) is 0 Å². The number of nitrogens with zero attached hydrogens (tertiary/aromatic N) is 1. The molecular weight excluding hydrogens is 288 g/mol. The van der Waals surface area contributed by atoms with E-state index in [9.17, 15) is 4.79 Å². The zero-order chi connectivity index (χ0) is 11.7. The van der Waals surface area contributed by atoms with Crippen molar-refractivity contribution in [1.29, 1.82) is 0 Å². The van der Waals surface area contributed by atoms with Crippen molar-refractivity contribution in [3.8, 4) is 0 Å². The molecule has 2 heterocycles. The smallest absolute Gasteiger partial charge is 0.264 e. The van der Waals surface area contributed by atoms with Gasteiger partial charge in [0.05, 0.1) is 8.66 Å². The van der Waals surface area contributed by atoms with Crippen LogP contribution < -0.4 is 5.73 Å². The van der Waals surface area contributed by atoms with E-state index in [0.29, 0.717) is 6.54 Å². The summed E-state index contributed by atoms with van der Waals surface area (Å²) in [6.07, 6.45) is 2.04. The van der Waals surface area contributed by atoms with E-state index in [0.717, 1.165) is 33.6 Å². The molecule has 5 heteroatoms. The minimum Gasteiger partial charge on any atom is -0.336 e. The lowest BCUT2D eigenvalue weighted by atomic mass is 10.1. The standard InChI is InChI=1S/C11H15BrN2OS/c1-7-5-9(16-10(7)12)11(15)14-4-2-3-8(13)6-14/h5,8H,2-4,6,13H2,1H3. The van der Waals surface area contributed by atoms with E-state index in [2.05, 4.69) is 15.9 Å². The van der Waals surface area contributed by atoms with Crippen LogP contribution in [0.5, 0.6) is 0 Å². The summed E-state index contributed by atoms with van der Waals surface area (Å²) in [5.41, 5.74) is 7.00. The van der Waals surface area contributed by atoms with Crippen LogP contribution in [-0.4, -0.2) is 29.9 Å². The molecule has 0 radical (unpaired) electrons. The van der Waals surface area contributed by atoms with Crippen LogP contribution in [0.3, 0.4) is 0 Å². The quantitative estimate of drug-likeness (QED) is 0.866. The number of aryl methyl sites for hydroxylation is 1. The van der Waals surface area contributed by atoms with Gasteiger partial charge >= 0.3 is 0 Å². The summed E-state index contributed by atoms with van der Waals surface area (Å²) in [4.78, 5) is 14.8. The number of piperidine rings is 1. The molecule has 3 nitrogen and oxygen atoms in total. The monoisotopic (exact) mass is 302 g/mol. The van der Waals surface area contributed by atoms with Gasteiger partial charge in [-0.15, -0.1) is 11.3 Å². The second-order valence-corrected chi connectivity index (χ2v) is 6.59. The topological polar surface area (TPSA) is 46.3 Å². The van der Waals surface area contributed by atoms with E-state index in [-0.39, 0.29) is 11.9 Å². The fourth-order valence-electron chi connectivity index (χ4n) is 1.92. The van der Waals surface area contributed by atoms with Crippen molar-refractivity contribution >= 4 is 33.2 Å². The van der Waals surface area contributed by atoms with Gasteiger partial charge in [-0.05, 0) is 47.3 Å². The van der Waals surface area contributed by atoms with Crippen LogP contribution in [0.25, 0.3) is 0 Å². The van der Waals surface area contributed by atoms with Crippen LogP contribution in [0.15, 0.2) is 9.85 Å². The Morgan fingerprint density at radius 2 is 2.44 bits per heavy atom. The molecule has 1 saturated heterocycles. The number of thiophene rings is 1. The molecule has 1 fully saturated rings. The third-order valence-corrected chi connectivity index (χ3v) is 4.94. The number of amides is 1. The van der Waals surface area contributed by atoms with Gasteiger partial charge in [0.25, 0.3) is 5.91 Å². The van der Waals surface area contributed by atoms with Crippen molar-refractivity contribution in [2.24, 2.45) is 5.73 Å². The Kier molecular flexibility index (Phi) is 3.66. The lowest BCUT2D eigenvalue weighted by Crippen LogP contribution is -2.45. The lowest BCUT2D eigenvalue weighted by molar-refractivity contribution is 0.0713. The average molecular weight is 303 g/mol. The van der Waals surface area contributed by atoms with Gasteiger partial charge in [0, 0.05) is 19.1 Å². The molecule has 0 aromatic carbocycles. The van der Waals surface area contributed by atoms with Gasteiger partial charge in [0.2, 0.25) is 0 Å². The fourth-order valence-corrected chi connectivity index (χ4v) is 3.42. The van der Waals surface area contributed by atoms with Crippen molar-refractivity contribution in [1.82, 2.24) is 4.90 Å². The summed E-state index contributed by atoms with van der Waals surface area (Å²) in [6.45, 7) is 3.52. The Morgan fingerprint density at radius 1 is 1.69 bits per heavy atom. The molecule has 16 heavy (non-hydrogen) atoms. The highest BCUT2D eigenvalue weighted by molar-refractivity contribution is 9.11. The Bertz CT molecular complexity index is 385. The van der Waals surface area contributed by atoms with Gasteiger partial charge in [0.15, 0.2) is 0 Å². The van der Waals surface area contributed by atoms with Crippen molar-refractivity contribution < 1.29 is 4.79 Å². The zero-order valence-electron chi connectivity index (χ0n) is 9.20. The number of halogens is 1. The van der Waals surface area contributed by atoms with Crippen LogP contribution in [-0.2, 0) is 0 Å². The summed E-state index contributed by atoms with van der Waals surface area (Å²) in [5, 5.41) is 0. The highest BCUT2D eigenvalue weighted by Crippen LogP contribution is 2.28. The van der Waals surface area contributed by atoms with E-state index >= 15 is 0 Å². The summed E-state index contributed by atoms with van der Waals surface area (Å²) < 4.78 is 1.04. The molecule has 0 saturated carbocycles. The SMILES string of the molecule is Cc1cc(C(=O)N2CCCC(N)C2)sc1Br. The predicted octanol–water partition coefficient (Wildman–Crippen LogP) is 2.38. The van der Waals surface area contributed by atoms with Gasteiger partial charge in [-0.25, -0.2) is 0 Å². The number of nitrogens with two attached hydrogens (primary N) is 1. The van der Waals surface area contributed by atoms with E-state index < -0.39 is 0 Å². The molecule has 1 aromatic heterocycles. The molecule has 1 unspecified atom stereocenters. The third-order valence-electron chi connectivity index (χ3n) is 2.81.